The molecule has 4 aromatic rings. The zero-order chi connectivity index (χ0) is 36.6. The number of aromatic nitrogens is 2. The molecule has 0 aliphatic heterocycles. The quantitative estimate of drug-likeness (QED) is 0.118. The Bertz CT molecular complexity index is 1780. The number of nitrogens with one attached hydrogen (secondary N) is 1. The summed E-state index contributed by atoms with van der Waals surface area (Å²) >= 11 is 0. The first kappa shape index (κ1) is 38.1. The normalized spacial score (nSPS) is 11.8. The first-order valence-electron chi connectivity index (χ1n) is 17.2. The summed E-state index contributed by atoms with van der Waals surface area (Å²) in [6.45, 7) is 16.0. The minimum atomic E-state index is -0.753. The van der Waals surface area contributed by atoms with Gasteiger partial charge in [0.2, 0.25) is 0 Å². The van der Waals surface area contributed by atoms with Gasteiger partial charge >= 0.3 is 12.2 Å². The topological polar surface area (TPSA) is 112 Å². The van der Waals surface area contributed by atoms with Gasteiger partial charge in [-0.1, -0.05) is 17.2 Å². The van der Waals surface area contributed by atoms with Crippen molar-refractivity contribution in [3.63, 3.8) is 0 Å². The lowest BCUT2D eigenvalue weighted by Gasteiger charge is -2.28. The van der Waals surface area contributed by atoms with Crippen LogP contribution in [-0.2, 0) is 27.1 Å². The van der Waals surface area contributed by atoms with E-state index in [0.29, 0.717) is 36.3 Å². The molecule has 2 aromatic heterocycles. The van der Waals surface area contributed by atoms with Gasteiger partial charge < -0.3 is 24.4 Å². The van der Waals surface area contributed by atoms with Crippen LogP contribution in [0.5, 0.6) is 0 Å². The molecule has 0 aliphatic rings. The molecule has 0 saturated heterocycles. The molecule has 0 spiro atoms. The minimum Gasteiger partial charge on any atom is -0.444 e. The van der Waals surface area contributed by atoms with Gasteiger partial charge in [0.25, 0.3) is 5.91 Å². The van der Waals surface area contributed by atoms with Gasteiger partial charge in [-0.05, 0) is 140 Å². The Balaban J connectivity index is 1.82. The second-order valence-electron chi connectivity index (χ2n) is 14.7. The molecule has 10 nitrogen and oxygen atoms in total. The Morgan fingerprint density at radius 1 is 0.820 bits per heavy atom. The molecule has 268 valence electrons. The van der Waals surface area contributed by atoms with E-state index in [-0.39, 0.29) is 12.6 Å². The Kier molecular flexibility index (Phi) is 12.5. The molecule has 0 radical (unpaired) electrons. The summed E-state index contributed by atoms with van der Waals surface area (Å²) in [4.78, 5) is 46.6. The van der Waals surface area contributed by atoms with E-state index in [1.165, 1.54) is 12.7 Å². The Labute approximate surface area is 296 Å². The molecule has 0 bridgehead atoms. The van der Waals surface area contributed by atoms with Gasteiger partial charge in [0.05, 0.1) is 11.2 Å². The second-order valence-corrected chi connectivity index (χ2v) is 14.7. The van der Waals surface area contributed by atoms with Gasteiger partial charge in [0.15, 0.2) is 0 Å². The molecule has 50 heavy (non-hydrogen) atoms. The number of carbonyl (C=O) groups is 3. The zero-order valence-corrected chi connectivity index (χ0v) is 31.0. The third kappa shape index (κ3) is 10.4. The van der Waals surface area contributed by atoms with Crippen molar-refractivity contribution in [3.8, 4) is 11.3 Å². The summed E-state index contributed by atoms with van der Waals surface area (Å²) in [5, 5.41) is 3.47. The summed E-state index contributed by atoms with van der Waals surface area (Å²) in [5.74, 6) is -0.303. The number of hydrogen-bond donors (Lipinski definition) is 1. The number of benzene rings is 2. The Morgan fingerprint density at radius 2 is 1.48 bits per heavy atom. The van der Waals surface area contributed by atoms with Crippen LogP contribution in [-0.4, -0.2) is 70.7 Å². The van der Waals surface area contributed by atoms with Gasteiger partial charge in [0, 0.05) is 43.5 Å². The molecule has 2 amide bonds. The SMILES string of the molecule is COCNC(=O)c1ccc2c(c1)c(CCN(CCCCc1ccncc1)C(=O)OC(C)(C)C)c(-c1cc(C)cc(C)c1)n2C(=O)OC(C)(C)C. The number of hydrogen-bond acceptors (Lipinski definition) is 7. The van der Waals surface area contributed by atoms with Crippen molar-refractivity contribution >= 4 is 29.0 Å². The van der Waals surface area contributed by atoms with E-state index in [1.54, 1.807) is 40.1 Å². The molecule has 4 rings (SSSR count). The van der Waals surface area contributed by atoms with E-state index in [0.717, 1.165) is 46.9 Å². The predicted molar refractivity (Wildman–Crippen MR) is 197 cm³/mol. The van der Waals surface area contributed by atoms with Gasteiger partial charge in [-0.3, -0.25) is 9.78 Å². The van der Waals surface area contributed by atoms with E-state index < -0.39 is 23.4 Å². The lowest BCUT2D eigenvalue weighted by atomic mass is 9.98. The molecule has 2 heterocycles. The molecule has 10 heteroatoms. The molecule has 0 fully saturated rings. The number of rotatable bonds is 12. The molecule has 0 atom stereocenters. The van der Waals surface area contributed by atoms with Crippen LogP contribution in [0.15, 0.2) is 60.9 Å². The lowest BCUT2D eigenvalue weighted by molar-refractivity contribution is 0.0248. The number of fused-ring (bicyclic) bond motifs is 1. The van der Waals surface area contributed by atoms with Crippen LogP contribution in [0, 0.1) is 13.8 Å². The van der Waals surface area contributed by atoms with Crippen LogP contribution in [0.3, 0.4) is 0 Å². The maximum Gasteiger partial charge on any atom is 0.419 e. The van der Waals surface area contributed by atoms with Crippen molar-refractivity contribution in [1.82, 2.24) is 19.8 Å². The third-order valence-electron chi connectivity index (χ3n) is 7.96. The highest BCUT2D eigenvalue weighted by Gasteiger charge is 2.29. The standard InChI is InChI=1S/C40H52N4O6/c1-27-22-28(2)24-31(23-27)35-32(17-21-43(37(46)49-39(3,4)5)20-11-10-12-29-15-18-41-19-16-29)33-25-30(36(45)42-26-48-9)13-14-34(33)44(35)38(47)50-40(6,7)8/h13-16,18-19,22-25H,10-12,17,20-21,26H2,1-9H3,(H,42,45). The van der Waals surface area contributed by atoms with Crippen LogP contribution in [0.2, 0.25) is 0 Å². The number of methoxy groups -OCH3 is 1. The van der Waals surface area contributed by atoms with E-state index in [2.05, 4.69) is 16.4 Å². The maximum atomic E-state index is 14.1. The van der Waals surface area contributed by atoms with Gasteiger partial charge in [-0.2, -0.15) is 0 Å². The first-order valence-corrected chi connectivity index (χ1v) is 17.2. The minimum absolute atomic E-state index is 0.0580. The number of aryl methyl sites for hydroxylation is 3. The number of pyridine rings is 1. The summed E-state index contributed by atoms with van der Waals surface area (Å²) in [6.07, 6.45) is 5.57. The van der Waals surface area contributed by atoms with Crippen LogP contribution in [0.1, 0.15) is 87.0 Å². The van der Waals surface area contributed by atoms with Crippen molar-refractivity contribution < 1.29 is 28.6 Å². The average molecular weight is 685 g/mol. The zero-order valence-electron chi connectivity index (χ0n) is 31.0. The molecule has 0 aliphatic carbocycles. The summed E-state index contributed by atoms with van der Waals surface area (Å²) < 4.78 is 18.5. The number of unbranched alkanes of at least 4 members (excludes halogenated alkanes) is 1. The fourth-order valence-corrected chi connectivity index (χ4v) is 5.95. The Hall–Kier alpha value is -4.70. The van der Waals surface area contributed by atoms with Crippen molar-refractivity contribution in [2.24, 2.45) is 0 Å². The van der Waals surface area contributed by atoms with Crippen molar-refractivity contribution in [2.45, 2.75) is 92.3 Å². The molecule has 0 unspecified atom stereocenters. The van der Waals surface area contributed by atoms with E-state index in [1.807, 2.05) is 79.7 Å². The molecule has 1 N–H and O–H groups in total. The van der Waals surface area contributed by atoms with E-state index in [4.69, 9.17) is 14.2 Å². The molecular formula is C40H52N4O6. The van der Waals surface area contributed by atoms with Crippen molar-refractivity contribution in [3.05, 3.63) is 88.7 Å². The molecular weight excluding hydrogens is 632 g/mol. The largest absolute Gasteiger partial charge is 0.444 e. The van der Waals surface area contributed by atoms with Crippen LogP contribution >= 0.6 is 0 Å². The number of nitrogens with zero attached hydrogens (tertiary/aromatic N) is 3. The average Bonchev–Trinajstić information content (AvgIpc) is 3.35. The fraction of sp³-hybridized carbons (Fsp3) is 0.450. The molecule has 2 aromatic carbocycles. The smallest absolute Gasteiger partial charge is 0.419 e. The number of ether oxygens (including phenoxy) is 3. The summed E-state index contributed by atoms with van der Waals surface area (Å²) in [5.41, 5.74) is 5.20. The van der Waals surface area contributed by atoms with Gasteiger partial charge in [-0.15, -0.1) is 0 Å². The summed E-state index contributed by atoms with van der Waals surface area (Å²) in [7, 11) is 1.51. The third-order valence-corrected chi connectivity index (χ3v) is 7.96. The van der Waals surface area contributed by atoms with Crippen molar-refractivity contribution in [2.75, 3.05) is 26.9 Å². The summed E-state index contributed by atoms with van der Waals surface area (Å²) in [6, 6.07) is 15.5. The highest BCUT2D eigenvalue weighted by molar-refractivity contribution is 6.04. The van der Waals surface area contributed by atoms with Crippen molar-refractivity contribution in [1.29, 1.82) is 0 Å². The van der Waals surface area contributed by atoms with E-state index in [9.17, 15) is 14.4 Å². The van der Waals surface area contributed by atoms with Crippen LogP contribution < -0.4 is 5.32 Å². The number of carbonyl (C=O) groups excluding carboxylic acids is 3. The molecule has 0 saturated carbocycles. The first-order chi connectivity index (χ1) is 23.6. The second kappa shape index (κ2) is 16.3. The van der Waals surface area contributed by atoms with Gasteiger partial charge in [0.1, 0.15) is 17.9 Å². The van der Waals surface area contributed by atoms with Crippen LogP contribution in [0.25, 0.3) is 22.2 Å². The van der Waals surface area contributed by atoms with E-state index >= 15 is 0 Å². The maximum absolute atomic E-state index is 14.1. The monoisotopic (exact) mass is 684 g/mol. The lowest BCUT2D eigenvalue weighted by Crippen LogP contribution is -2.38. The Morgan fingerprint density at radius 3 is 2.10 bits per heavy atom. The fourth-order valence-electron chi connectivity index (χ4n) is 5.95. The predicted octanol–water partition coefficient (Wildman–Crippen LogP) is 8.24. The number of amides is 2. The highest BCUT2D eigenvalue weighted by atomic mass is 16.6. The van der Waals surface area contributed by atoms with Gasteiger partial charge in [-0.25, -0.2) is 14.2 Å². The highest BCUT2D eigenvalue weighted by Crippen LogP contribution is 2.37. The van der Waals surface area contributed by atoms with Crippen LogP contribution in [0.4, 0.5) is 9.59 Å².